The number of nitrogens with one attached hydrogen (secondary N) is 3. The molecule has 296 valence electrons. The predicted molar refractivity (Wildman–Crippen MR) is 201 cm³/mol. The van der Waals surface area contributed by atoms with Crippen molar-refractivity contribution in [2.75, 3.05) is 65.9 Å². The van der Waals surface area contributed by atoms with E-state index in [1.54, 1.807) is 0 Å². The number of carbonyl (C=O) groups excluding carboxylic acids is 4. The van der Waals surface area contributed by atoms with Gasteiger partial charge in [-0.3, -0.25) is 43.3 Å². The van der Waals surface area contributed by atoms with Crippen molar-refractivity contribution >= 4 is 29.3 Å². The fraction of sp³-hybridized carbons (Fsp3) is 0.730. The lowest BCUT2D eigenvalue weighted by atomic mass is 9.82. The zero-order valence-corrected chi connectivity index (χ0v) is 32.7. The third kappa shape index (κ3) is 17.6. The van der Waals surface area contributed by atoms with Crippen LogP contribution in [0, 0.1) is 0 Å². The fourth-order valence-electron chi connectivity index (χ4n) is 5.57. The van der Waals surface area contributed by atoms with E-state index in [0.717, 1.165) is 63.5 Å². The van der Waals surface area contributed by atoms with E-state index in [1.807, 2.05) is 20.8 Å². The zero-order valence-electron chi connectivity index (χ0n) is 32.7. The van der Waals surface area contributed by atoms with Crippen molar-refractivity contribution in [1.29, 1.82) is 0 Å². The van der Waals surface area contributed by atoms with Crippen LogP contribution in [-0.2, 0) is 39.1 Å². The molecule has 1 rings (SSSR count). The van der Waals surface area contributed by atoms with Gasteiger partial charge in [0, 0.05) is 76.7 Å². The molecule has 0 radical (unpaired) electrons. The van der Waals surface area contributed by atoms with Gasteiger partial charge >= 0.3 is 0 Å². The van der Waals surface area contributed by atoms with Crippen LogP contribution < -0.4 is 26.8 Å². The van der Waals surface area contributed by atoms with Gasteiger partial charge in [0.05, 0.1) is 27.0 Å². The summed E-state index contributed by atoms with van der Waals surface area (Å²) in [5, 5.41) is 13.1. The molecule has 0 aromatic heterocycles. The highest BCUT2D eigenvalue weighted by Crippen LogP contribution is 2.25. The van der Waals surface area contributed by atoms with Gasteiger partial charge in [-0.05, 0) is 69.6 Å². The van der Waals surface area contributed by atoms with Crippen molar-refractivity contribution in [3.05, 3.63) is 38.3 Å². The molecular formula is C37H64N6O9. The van der Waals surface area contributed by atoms with E-state index in [-0.39, 0.29) is 48.3 Å². The monoisotopic (exact) mass is 736 g/mol. The Hall–Kier alpha value is -3.82. The summed E-state index contributed by atoms with van der Waals surface area (Å²) in [5.41, 5.74) is 0.542. The molecule has 0 aliphatic carbocycles. The van der Waals surface area contributed by atoms with Crippen LogP contribution in [0.1, 0.15) is 117 Å². The second kappa shape index (κ2) is 25.2. The zero-order chi connectivity index (χ0) is 39.1. The first-order valence-corrected chi connectivity index (χ1v) is 18.4. The van der Waals surface area contributed by atoms with Crippen molar-refractivity contribution in [2.24, 2.45) is 0 Å². The summed E-state index contributed by atoms with van der Waals surface area (Å²) in [7, 11) is 4.37. The minimum Gasteiger partial charge on any atom is -0.389 e. The van der Waals surface area contributed by atoms with Crippen LogP contribution in [-0.4, -0.2) is 99.4 Å². The van der Waals surface area contributed by atoms with Crippen LogP contribution in [0.4, 0.5) is 5.69 Å². The number of unbranched alkanes of at least 4 members (excludes halogenated alkanes) is 6. The molecule has 1 aromatic rings. The SMILES string of the molecule is C=C(CCC(=O)N(CCCCCNc1c(C(C)(C)C)c(=O)c1=O)OC)NCCCCCN(OC)C(=O)CCC(=O)NCCCCCN(OC)C(C)=O. The Morgan fingerprint density at radius 1 is 0.615 bits per heavy atom. The van der Waals surface area contributed by atoms with Gasteiger partial charge in [0.2, 0.25) is 34.5 Å². The molecule has 0 saturated heterocycles. The highest BCUT2D eigenvalue weighted by atomic mass is 16.7. The summed E-state index contributed by atoms with van der Waals surface area (Å²) >= 11 is 0. The van der Waals surface area contributed by atoms with Gasteiger partial charge in [0.15, 0.2) is 0 Å². The van der Waals surface area contributed by atoms with E-state index in [1.165, 1.54) is 43.4 Å². The largest absolute Gasteiger partial charge is 0.389 e. The average Bonchev–Trinajstić information content (AvgIpc) is 3.10. The topological polar surface area (TPSA) is 176 Å². The molecule has 0 unspecified atom stereocenters. The van der Waals surface area contributed by atoms with Crippen LogP contribution in [0.15, 0.2) is 21.9 Å². The summed E-state index contributed by atoms with van der Waals surface area (Å²) in [6.45, 7) is 14.4. The maximum atomic E-state index is 12.7. The molecule has 0 saturated carbocycles. The molecule has 0 heterocycles. The number of hydroxylamine groups is 6. The quantitative estimate of drug-likeness (QED) is 0.0624. The van der Waals surface area contributed by atoms with Gasteiger partial charge in [-0.25, -0.2) is 15.2 Å². The number of amides is 4. The van der Waals surface area contributed by atoms with E-state index in [4.69, 9.17) is 14.5 Å². The molecule has 1 aromatic carbocycles. The van der Waals surface area contributed by atoms with E-state index >= 15 is 0 Å². The molecule has 52 heavy (non-hydrogen) atoms. The Balaban J connectivity index is 2.14. The molecular weight excluding hydrogens is 672 g/mol. The van der Waals surface area contributed by atoms with Crippen LogP contribution in [0.5, 0.6) is 0 Å². The van der Waals surface area contributed by atoms with Crippen LogP contribution in [0.25, 0.3) is 0 Å². The second-order valence-corrected chi connectivity index (χ2v) is 13.8. The lowest BCUT2D eigenvalue weighted by molar-refractivity contribution is -0.177. The Labute approximate surface area is 309 Å². The molecule has 3 N–H and O–H groups in total. The van der Waals surface area contributed by atoms with Crippen molar-refractivity contribution < 1.29 is 33.7 Å². The fourth-order valence-corrected chi connectivity index (χ4v) is 5.57. The average molecular weight is 737 g/mol. The minimum absolute atomic E-state index is 0.0590. The molecule has 15 heteroatoms. The highest BCUT2D eigenvalue weighted by Gasteiger charge is 2.30. The first kappa shape index (κ1) is 46.2. The molecule has 0 spiro atoms. The molecule has 4 amide bonds. The number of allylic oxidation sites excluding steroid dienone is 1. The Morgan fingerprint density at radius 2 is 1.08 bits per heavy atom. The van der Waals surface area contributed by atoms with Crippen LogP contribution in [0.3, 0.4) is 0 Å². The molecule has 0 atom stereocenters. The predicted octanol–water partition coefficient (Wildman–Crippen LogP) is 3.47. The number of nitrogens with zero attached hydrogens (tertiary/aromatic N) is 3. The number of carbonyl (C=O) groups is 4. The standard InChI is InChI=1S/C37H64N6O9/c1-28(18-20-31(46)42(51-7)26-17-11-14-24-40-34-33(37(3,4)5)35(48)36(34)49)38-22-12-9-16-27-43(52-8)32(47)21-19-30(45)39-23-13-10-15-25-41(50-6)29(2)44/h38,40H,1,9-27H2,2-8H3,(H,39,45). The smallest absolute Gasteiger partial charge is 0.249 e. The highest BCUT2D eigenvalue weighted by molar-refractivity contribution is 5.83. The van der Waals surface area contributed by atoms with E-state index in [0.29, 0.717) is 56.9 Å². The number of anilines is 1. The van der Waals surface area contributed by atoms with Crippen LogP contribution >= 0.6 is 0 Å². The summed E-state index contributed by atoms with van der Waals surface area (Å²) in [4.78, 5) is 88.0. The number of rotatable bonds is 29. The third-order valence-corrected chi connectivity index (χ3v) is 8.55. The van der Waals surface area contributed by atoms with Gasteiger partial charge < -0.3 is 16.0 Å². The van der Waals surface area contributed by atoms with E-state index in [2.05, 4.69) is 22.5 Å². The second-order valence-electron chi connectivity index (χ2n) is 13.8. The normalized spacial score (nSPS) is 11.3. The third-order valence-electron chi connectivity index (χ3n) is 8.55. The Kier molecular flexibility index (Phi) is 22.4. The van der Waals surface area contributed by atoms with E-state index in [9.17, 15) is 28.8 Å². The van der Waals surface area contributed by atoms with Gasteiger partial charge in [-0.2, -0.15) is 0 Å². The maximum absolute atomic E-state index is 12.7. The first-order chi connectivity index (χ1) is 24.7. The van der Waals surface area contributed by atoms with Crippen molar-refractivity contribution in [3.63, 3.8) is 0 Å². The van der Waals surface area contributed by atoms with Crippen molar-refractivity contribution in [3.8, 4) is 0 Å². The van der Waals surface area contributed by atoms with Crippen LogP contribution in [0.2, 0.25) is 0 Å². The Morgan fingerprint density at radius 3 is 1.56 bits per heavy atom. The lowest BCUT2D eigenvalue weighted by Crippen LogP contribution is -2.43. The van der Waals surface area contributed by atoms with Gasteiger partial charge in [-0.1, -0.05) is 27.4 Å². The summed E-state index contributed by atoms with van der Waals surface area (Å²) < 4.78 is 0. The summed E-state index contributed by atoms with van der Waals surface area (Å²) in [6, 6.07) is 0. The lowest BCUT2D eigenvalue weighted by Gasteiger charge is -2.24. The first-order valence-electron chi connectivity index (χ1n) is 18.4. The molecule has 0 aliphatic rings. The van der Waals surface area contributed by atoms with Gasteiger partial charge in [0.1, 0.15) is 0 Å². The summed E-state index contributed by atoms with van der Waals surface area (Å²) in [5.74, 6) is -0.701. The Bertz CT molecular complexity index is 1340. The van der Waals surface area contributed by atoms with Gasteiger partial charge in [-0.15, -0.1) is 0 Å². The molecule has 0 fully saturated rings. The summed E-state index contributed by atoms with van der Waals surface area (Å²) in [6.07, 6.45) is 8.02. The maximum Gasteiger partial charge on any atom is 0.249 e. The van der Waals surface area contributed by atoms with Crippen molar-refractivity contribution in [1.82, 2.24) is 25.8 Å². The van der Waals surface area contributed by atoms with Crippen molar-refractivity contribution in [2.45, 2.75) is 117 Å². The number of hydrogen-bond acceptors (Lipinski definition) is 11. The number of hydrogen-bond donors (Lipinski definition) is 3. The molecule has 0 aliphatic heterocycles. The molecule has 0 bridgehead atoms. The molecule has 15 nitrogen and oxygen atoms in total. The minimum atomic E-state index is -0.445. The van der Waals surface area contributed by atoms with E-state index < -0.39 is 10.9 Å². The van der Waals surface area contributed by atoms with Gasteiger partial charge in [0.25, 0.3) is 0 Å².